The molecule has 0 saturated carbocycles. The molecule has 1 aromatic carbocycles. The molecule has 0 aromatic heterocycles. The van der Waals surface area contributed by atoms with Crippen molar-refractivity contribution in [2.75, 3.05) is 20.3 Å². The van der Waals surface area contributed by atoms with Crippen LogP contribution in [0.25, 0.3) is 0 Å². The molecular formula is C15H19F2NO4. The maximum Gasteiger partial charge on any atom is 0.387 e. The molecule has 0 bridgehead atoms. The molecule has 2 rings (SSSR count). The van der Waals surface area contributed by atoms with Gasteiger partial charge in [-0.2, -0.15) is 8.78 Å². The van der Waals surface area contributed by atoms with E-state index in [9.17, 15) is 13.6 Å². The van der Waals surface area contributed by atoms with Crippen molar-refractivity contribution in [2.24, 2.45) is 0 Å². The average molecular weight is 315 g/mol. The van der Waals surface area contributed by atoms with Crippen LogP contribution in [0.2, 0.25) is 0 Å². The number of carbonyl (C=O) groups is 1. The van der Waals surface area contributed by atoms with Crippen LogP contribution in [0.4, 0.5) is 8.78 Å². The van der Waals surface area contributed by atoms with E-state index in [1.165, 1.54) is 13.2 Å². The molecular weight excluding hydrogens is 296 g/mol. The third kappa shape index (κ3) is 4.56. The van der Waals surface area contributed by atoms with Gasteiger partial charge in [-0.05, 0) is 37.0 Å². The lowest BCUT2D eigenvalue weighted by Gasteiger charge is -2.12. The molecule has 1 atom stereocenters. The first-order chi connectivity index (χ1) is 10.6. The van der Waals surface area contributed by atoms with Gasteiger partial charge in [0.2, 0.25) is 5.91 Å². The van der Waals surface area contributed by atoms with Crippen molar-refractivity contribution in [2.45, 2.75) is 32.0 Å². The Bertz CT molecular complexity index is 504. The summed E-state index contributed by atoms with van der Waals surface area (Å²) in [6.07, 6.45) is 1.86. The molecule has 1 amide bonds. The number of amides is 1. The van der Waals surface area contributed by atoms with Crippen LogP contribution in [-0.2, 0) is 16.0 Å². The molecule has 22 heavy (non-hydrogen) atoms. The maximum absolute atomic E-state index is 12.2. The zero-order valence-corrected chi connectivity index (χ0v) is 12.3. The van der Waals surface area contributed by atoms with Gasteiger partial charge < -0.3 is 19.5 Å². The molecule has 1 aliphatic rings. The Hall–Kier alpha value is -1.89. The molecule has 5 nitrogen and oxygen atoms in total. The number of benzene rings is 1. The largest absolute Gasteiger partial charge is 0.493 e. The number of alkyl halides is 2. The molecule has 122 valence electrons. The highest BCUT2D eigenvalue weighted by atomic mass is 19.3. The zero-order chi connectivity index (χ0) is 15.9. The lowest BCUT2D eigenvalue weighted by atomic mass is 10.1. The first-order valence-corrected chi connectivity index (χ1v) is 7.11. The van der Waals surface area contributed by atoms with Gasteiger partial charge in [0.25, 0.3) is 0 Å². The van der Waals surface area contributed by atoms with Crippen molar-refractivity contribution in [1.29, 1.82) is 0 Å². The van der Waals surface area contributed by atoms with E-state index in [1.807, 2.05) is 0 Å². The molecule has 0 unspecified atom stereocenters. The number of hydrogen-bond donors (Lipinski definition) is 1. The molecule has 1 aliphatic heterocycles. The van der Waals surface area contributed by atoms with E-state index >= 15 is 0 Å². The van der Waals surface area contributed by atoms with Gasteiger partial charge in [0, 0.05) is 13.2 Å². The Kier molecular flexibility index (Phi) is 5.94. The van der Waals surface area contributed by atoms with Gasteiger partial charge in [0.05, 0.1) is 7.11 Å². The van der Waals surface area contributed by atoms with E-state index in [-0.39, 0.29) is 23.5 Å². The van der Waals surface area contributed by atoms with Crippen LogP contribution in [0.15, 0.2) is 18.2 Å². The van der Waals surface area contributed by atoms with Crippen molar-refractivity contribution in [3.8, 4) is 11.5 Å². The number of ether oxygens (including phenoxy) is 3. The first kappa shape index (κ1) is 16.5. The highest BCUT2D eigenvalue weighted by Crippen LogP contribution is 2.29. The topological polar surface area (TPSA) is 56.8 Å². The second kappa shape index (κ2) is 7.93. The lowest BCUT2D eigenvalue weighted by Crippen LogP contribution is -2.35. The first-order valence-electron chi connectivity index (χ1n) is 7.11. The molecule has 1 N–H and O–H groups in total. The molecule has 0 aliphatic carbocycles. The molecule has 1 aromatic rings. The number of nitrogens with one attached hydrogen (secondary N) is 1. The van der Waals surface area contributed by atoms with Crippen molar-refractivity contribution < 1.29 is 27.8 Å². The summed E-state index contributed by atoms with van der Waals surface area (Å²) in [6.45, 7) is -1.83. The quantitative estimate of drug-likeness (QED) is 0.837. The van der Waals surface area contributed by atoms with Crippen molar-refractivity contribution in [1.82, 2.24) is 5.32 Å². The minimum Gasteiger partial charge on any atom is -0.493 e. The summed E-state index contributed by atoms with van der Waals surface area (Å²) >= 11 is 0. The minimum atomic E-state index is -2.90. The van der Waals surface area contributed by atoms with Gasteiger partial charge in [-0.3, -0.25) is 4.79 Å². The normalized spacial score (nSPS) is 17.5. The van der Waals surface area contributed by atoms with E-state index in [0.717, 1.165) is 18.4 Å². The third-order valence-electron chi connectivity index (χ3n) is 3.38. The highest BCUT2D eigenvalue weighted by molar-refractivity contribution is 5.80. The summed E-state index contributed by atoms with van der Waals surface area (Å²) < 4.78 is 39.2. The fraction of sp³-hybridized carbons (Fsp3) is 0.533. The van der Waals surface area contributed by atoms with Crippen LogP contribution in [0, 0.1) is 0 Å². The van der Waals surface area contributed by atoms with Crippen LogP contribution in [0.1, 0.15) is 18.4 Å². The van der Waals surface area contributed by atoms with Crippen LogP contribution in [-0.4, -0.2) is 38.9 Å². The van der Waals surface area contributed by atoms with Crippen molar-refractivity contribution in [3.05, 3.63) is 23.8 Å². The summed E-state index contributed by atoms with van der Waals surface area (Å²) in [5, 5.41) is 2.80. The van der Waals surface area contributed by atoms with Gasteiger partial charge >= 0.3 is 6.61 Å². The third-order valence-corrected chi connectivity index (χ3v) is 3.38. The van der Waals surface area contributed by atoms with Gasteiger partial charge in [-0.1, -0.05) is 6.07 Å². The Balaban J connectivity index is 1.85. The Labute approximate surface area is 127 Å². The smallest absolute Gasteiger partial charge is 0.387 e. The molecule has 0 spiro atoms. The predicted molar refractivity (Wildman–Crippen MR) is 75.3 cm³/mol. The fourth-order valence-electron chi connectivity index (χ4n) is 2.29. The number of carbonyl (C=O) groups excluding carboxylic acids is 1. The highest BCUT2D eigenvalue weighted by Gasteiger charge is 2.22. The van der Waals surface area contributed by atoms with Gasteiger partial charge in [0.1, 0.15) is 6.10 Å². The Morgan fingerprint density at radius 3 is 2.91 bits per heavy atom. The van der Waals surface area contributed by atoms with Gasteiger partial charge in [-0.25, -0.2) is 0 Å². The summed E-state index contributed by atoms with van der Waals surface area (Å²) in [7, 11) is 1.39. The minimum absolute atomic E-state index is 0.00959. The molecule has 1 saturated heterocycles. The Morgan fingerprint density at radius 1 is 1.45 bits per heavy atom. The molecule has 0 radical (unpaired) electrons. The SMILES string of the molecule is COc1cc(CCNC(=O)[C@@H]2CCCO2)ccc1OC(F)F. The monoisotopic (exact) mass is 315 g/mol. The maximum atomic E-state index is 12.2. The van der Waals surface area contributed by atoms with E-state index < -0.39 is 6.61 Å². The standard InChI is InChI=1S/C15H19F2NO4/c1-20-13-9-10(4-5-11(13)22-15(16)17)6-7-18-14(19)12-3-2-8-21-12/h4-5,9,12,15H,2-3,6-8H2,1H3,(H,18,19)/t12-/m0/s1. The number of methoxy groups -OCH3 is 1. The lowest BCUT2D eigenvalue weighted by molar-refractivity contribution is -0.130. The van der Waals surface area contributed by atoms with Crippen LogP contribution in [0.5, 0.6) is 11.5 Å². The van der Waals surface area contributed by atoms with Gasteiger partial charge in [-0.15, -0.1) is 0 Å². The van der Waals surface area contributed by atoms with Crippen LogP contribution < -0.4 is 14.8 Å². The molecule has 1 fully saturated rings. The Morgan fingerprint density at radius 2 is 2.27 bits per heavy atom. The number of hydrogen-bond acceptors (Lipinski definition) is 4. The van der Waals surface area contributed by atoms with E-state index in [0.29, 0.717) is 19.6 Å². The van der Waals surface area contributed by atoms with Crippen LogP contribution in [0.3, 0.4) is 0 Å². The second-order valence-electron chi connectivity index (χ2n) is 4.91. The van der Waals surface area contributed by atoms with E-state index in [2.05, 4.69) is 10.1 Å². The van der Waals surface area contributed by atoms with Crippen LogP contribution >= 0.6 is 0 Å². The number of rotatable bonds is 7. The average Bonchev–Trinajstić information content (AvgIpc) is 3.02. The molecule has 1 heterocycles. The molecule has 7 heteroatoms. The second-order valence-corrected chi connectivity index (χ2v) is 4.91. The van der Waals surface area contributed by atoms with E-state index in [4.69, 9.17) is 9.47 Å². The number of halogens is 2. The van der Waals surface area contributed by atoms with Crippen molar-refractivity contribution in [3.63, 3.8) is 0 Å². The summed E-state index contributed by atoms with van der Waals surface area (Å²) in [6, 6.07) is 4.72. The van der Waals surface area contributed by atoms with Crippen molar-refractivity contribution >= 4 is 5.91 Å². The summed E-state index contributed by atoms with van der Waals surface area (Å²) in [5.74, 6) is 0.120. The summed E-state index contributed by atoms with van der Waals surface area (Å²) in [5.41, 5.74) is 0.853. The fourth-order valence-corrected chi connectivity index (χ4v) is 2.29. The summed E-state index contributed by atoms with van der Waals surface area (Å²) in [4.78, 5) is 11.8. The predicted octanol–water partition coefficient (Wildman–Crippen LogP) is 2.13. The zero-order valence-electron chi connectivity index (χ0n) is 12.3. The van der Waals surface area contributed by atoms with Gasteiger partial charge in [0.15, 0.2) is 11.5 Å². The van der Waals surface area contributed by atoms with E-state index in [1.54, 1.807) is 12.1 Å².